The number of thiophene rings is 1. The number of benzene rings is 1. The molecule has 4 rings (SSSR count). The number of aromatic amines is 1. The molecule has 0 atom stereocenters. The predicted octanol–water partition coefficient (Wildman–Crippen LogP) is 4.31. The number of aryl methyl sites for hydroxylation is 2. The molecule has 3 aromatic rings. The van der Waals surface area contributed by atoms with Gasteiger partial charge in [-0.2, -0.15) is 11.8 Å². The molecule has 0 saturated carbocycles. The second kappa shape index (κ2) is 9.62. The molecular formula is C23H25N3O2S2. The number of aromatic nitrogens is 2. The standard InChI is InChI=1S/C23H25N3O2S2/c1-2-12-26(14-16-7-4-3-5-8-16)20(27)11-13-29-15-19-24-22(28)21-17-9-6-10-18(17)30-23(21)25-19/h2-5,7-8H,1,6,9-15H2,(H,24,25,28). The molecule has 5 nitrogen and oxygen atoms in total. The number of hydrogen-bond donors (Lipinski definition) is 1. The zero-order valence-corrected chi connectivity index (χ0v) is 18.5. The van der Waals surface area contributed by atoms with Crippen LogP contribution in [0.15, 0.2) is 47.8 Å². The number of nitrogens with one attached hydrogen (secondary N) is 1. The van der Waals surface area contributed by atoms with Crippen molar-refractivity contribution in [3.63, 3.8) is 0 Å². The molecule has 1 amide bonds. The first-order chi connectivity index (χ1) is 14.7. The third-order valence-corrected chi connectivity index (χ3v) is 7.40. The molecule has 2 aromatic heterocycles. The van der Waals surface area contributed by atoms with E-state index in [0.29, 0.717) is 36.8 Å². The average molecular weight is 440 g/mol. The van der Waals surface area contributed by atoms with Gasteiger partial charge in [-0.25, -0.2) is 4.98 Å². The minimum atomic E-state index is -0.0221. The Bertz CT molecular complexity index is 1100. The Morgan fingerprint density at radius 2 is 2.13 bits per heavy atom. The van der Waals surface area contributed by atoms with E-state index in [1.807, 2.05) is 35.2 Å². The minimum absolute atomic E-state index is 0.0221. The summed E-state index contributed by atoms with van der Waals surface area (Å²) in [5.74, 6) is 2.08. The summed E-state index contributed by atoms with van der Waals surface area (Å²) < 4.78 is 0. The van der Waals surface area contributed by atoms with Gasteiger partial charge in [0.1, 0.15) is 10.7 Å². The Morgan fingerprint density at radius 1 is 1.30 bits per heavy atom. The van der Waals surface area contributed by atoms with Crippen LogP contribution in [0, 0.1) is 0 Å². The molecule has 2 heterocycles. The molecule has 30 heavy (non-hydrogen) atoms. The van der Waals surface area contributed by atoms with Gasteiger partial charge in [0.15, 0.2) is 0 Å². The van der Waals surface area contributed by atoms with E-state index in [0.717, 1.165) is 35.0 Å². The van der Waals surface area contributed by atoms with Crippen molar-refractivity contribution in [2.24, 2.45) is 0 Å². The highest BCUT2D eigenvalue weighted by atomic mass is 32.2. The molecule has 1 N–H and O–H groups in total. The predicted molar refractivity (Wildman–Crippen MR) is 125 cm³/mol. The van der Waals surface area contributed by atoms with Crippen molar-refractivity contribution in [1.82, 2.24) is 14.9 Å². The van der Waals surface area contributed by atoms with Gasteiger partial charge in [-0.1, -0.05) is 36.4 Å². The van der Waals surface area contributed by atoms with Crippen LogP contribution in [0.3, 0.4) is 0 Å². The van der Waals surface area contributed by atoms with Gasteiger partial charge in [-0.15, -0.1) is 17.9 Å². The van der Waals surface area contributed by atoms with E-state index in [4.69, 9.17) is 0 Å². The number of thioether (sulfide) groups is 1. The third-order valence-electron chi connectivity index (χ3n) is 5.24. The molecule has 156 valence electrons. The second-order valence-electron chi connectivity index (χ2n) is 7.40. The lowest BCUT2D eigenvalue weighted by molar-refractivity contribution is -0.130. The fourth-order valence-electron chi connectivity index (χ4n) is 3.82. The SMILES string of the molecule is C=CCN(Cc1ccccc1)C(=O)CCSCc1nc2sc3c(c2c(=O)[nH]1)CCC3. The zero-order chi connectivity index (χ0) is 20.9. The summed E-state index contributed by atoms with van der Waals surface area (Å²) in [6.07, 6.45) is 5.39. The smallest absolute Gasteiger partial charge is 0.259 e. The van der Waals surface area contributed by atoms with E-state index in [2.05, 4.69) is 16.5 Å². The molecular weight excluding hydrogens is 414 g/mol. The second-order valence-corrected chi connectivity index (χ2v) is 9.59. The largest absolute Gasteiger partial charge is 0.335 e. The molecule has 0 unspecified atom stereocenters. The molecule has 1 aliphatic carbocycles. The maximum atomic E-state index is 12.7. The number of carbonyl (C=O) groups is 1. The quantitative estimate of drug-likeness (QED) is 0.399. The van der Waals surface area contributed by atoms with Gasteiger partial charge in [-0.05, 0) is 30.4 Å². The van der Waals surface area contributed by atoms with E-state index >= 15 is 0 Å². The van der Waals surface area contributed by atoms with E-state index in [-0.39, 0.29) is 11.5 Å². The molecule has 0 radical (unpaired) electrons. The van der Waals surface area contributed by atoms with Gasteiger partial charge < -0.3 is 9.88 Å². The number of nitrogens with zero attached hydrogens (tertiary/aromatic N) is 2. The van der Waals surface area contributed by atoms with Crippen molar-refractivity contribution in [3.8, 4) is 0 Å². The van der Waals surface area contributed by atoms with E-state index in [9.17, 15) is 9.59 Å². The number of H-pyrrole nitrogens is 1. The van der Waals surface area contributed by atoms with Gasteiger partial charge in [0.2, 0.25) is 5.91 Å². The summed E-state index contributed by atoms with van der Waals surface area (Å²) in [6, 6.07) is 9.98. The lowest BCUT2D eigenvalue weighted by Crippen LogP contribution is -2.30. The highest BCUT2D eigenvalue weighted by Gasteiger charge is 2.21. The Morgan fingerprint density at radius 3 is 2.93 bits per heavy atom. The number of rotatable bonds is 9. The highest BCUT2D eigenvalue weighted by molar-refractivity contribution is 7.98. The summed E-state index contributed by atoms with van der Waals surface area (Å²) in [5.41, 5.74) is 2.29. The Hall–Kier alpha value is -2.38. The molecule has 1 aliphatic rings. The number of fused-ring (bicyclic) bond motifs is 3. The molecule has 7 heteroatoms. The van der Waals surface area contributed by atoms with Crippen molar-refractivity contribution < 1.29 is 4.79 Å². The fourth-order valence-corrected chi connectivity index (χ4v) is 5.89. The first-order valence-electron chi connectivity index (χ1n) is 10.2. The first kappa shape index (κ1) is 20.9. The van der Waals surface area contributed by atoms with Crippen LogP contribution in [0.25, 0.3) is 10.2 Å². The summed E-state index contributed by atoms with van der Waals surface area (Å²) in [4.78, 5) is 36.8. The van der Waals surface area contributed by atoms with Crippen molar-refractivity contribution in [2.75, 3.05) is 12.3 Å². The summed E-state index contributed by atoms with van der Waals surface area (Å²) in [6.45, 7) is 4.89. The Kier molecular flexibility index (Phi) is 6.69. The maximum absolute atomic E-state index is 12.7. The molecule has 1 aromatic carbocycles. The van der Waals surface area contributed by atoms with Crippen LogP contribution in [0.2, 0.25) is 0 Å². The fraction of sp³-hybridized carbons (Fsp3) is 0.348. The normalized spacial score (nSPS) is 12.8. The van der Waals surface area contributed by atoms with Crippen LogP contribution in [0.4, 0.5) is 0 Å². The van der Waals surface area contributed by atoms with Gasteiger partial charge in [0.25, 0.3) is 5.56 Å². The maximum Gasteiger partial charge on any atom is 0.259 e. The average Bonchev–Trinajstić information content (AvgIpc) is 3.32. The van der Waals surface area contributed by atoms with Crippen LogP contribution in [-0.2, 0) is 29.9 Å². The summed E-state index contributed by atoms with van der Waals surface area (Å²) >= 11 is 3.28. The minimum Gasteiger partial charge on any atom is -0.335 e. The van der Waals surface area contributed by atoms with Gasteiger partial charge in [0.05, 0.1) is 11.1 Å². The number of amides is 1. The molecule has 0 bridgehead atoms. The van der Waals surface area contributed by atoms with Gasteiger partial charge in [0, 0.05) is 30.1 Å². The van der Waals surface area contributed by atoms with Gasteiger partial charge in [-0.3, -0.25) is 9.59 Å². The monoisotopic (exact) mass is 439 g/mol. The summed E-state index contributed by atoms with van der Waals surface area (Å²) in [7, 11) is 0. The van der Waals surface area contributed by atoms with Crippen LogP contribution in [-0.4, -0.2) is 33.1 Å². The van der Waals surface area contributed by atoms with Crippen LogP contribution < -0.4 is 5.56 Å². The van der Waals surface area contributed by atoms with Crippen molar-refractivity contribution in [3.05, 3.63) is 75.2 Å². The van der Waals surface area contributed by atoms with Crippen LogP contribution in [0.1, 0.15) is 34.7 Å². The van der Waals surface area contributed by atoms with E-state index in [1.54, 1.807) is 29.2 Å². The lowest BCUT2D eigenvalue weighted by atomic mass is 10.2. The van der Waals surface area contributed by atoms with E-state index < -0.39 is 0 Å². The molecule has 0 fully saturated rings. The summed E-state index contributed by atoms with van der Waals surface area (Å²) in [5, 5.41) is 0.789. The molecule has 0 aliphatic heterocycles. The molecule has 0 saturated heterocycles. The first-order valence-corrected chi connectivity index (χ1v) is 12.2. The number of carbonyl (C=O) groups excluding carboxylic acids is 1. The van der Waals surface area contributed by atoms with Crippen molar-refractivity contribution in [1.29, 1.82) is 0 Å². The van der Waals surface area contributed by atoms with Crippen LogP contribution in [0.5, 0.6) is 0 Å². The van der Waals surface area contributed by atoms with Crippen molar-refractivity contribution >= 4 is 39.2 Å². The topological polar surface area (TPSA) is 66.1 Å². The van der Waals surface area contributed by atoms with Crippen LogP contribution >= 0.6 is 23.1 Å². The van der Waals surface area contributed by atoms with Gasteiger partial charge >= 0.3 is 0 Å². The Balaban J connectivity index is 1.32. The third kappa shape index (κ3) is 4.68. The van der Waals surface area contributed by atoms with E-state index in [1.165, 1.54) is 10.4 Å². The Labute approximate surface area is 184 Å². The van der Waals surface area contributed by atoms with Crippen molar-refractivity contribution in [2.45, 2.75) is 38.0 Å². The number of hydrogen-bond acceptors (Lipinski definition) is 5. The lowest BCUT2D eigenvalue weighted by Gasteiger charge is -2.21. The highest BCUT2D eigenvalue weighted by Crippen LogP contribution is 2.34. The zero-order valence-electron chi connectivity index (χ0n) is 16.9. The molecule has 0 spiro atoms.